The van der Waals surface area contributed by atoms with E-state index in [1.165, 1.54) is 25.7 Å². The summed E-state index contributed by atoms with van der Waals surface area (Å²) in [6, 6.07) is 2.11. The zero-order chi connectivity index (χ0) is 11.6. The molecule has 0 aliphatic rings. The molecule has 0 aliphatic heterocycles. The minimum Gasteiger partial charge on any atom is -0.303 e. The van der Waals surface area contributed by atoms with E-state index < -0.39 is 0 Å². The van der Waals surface area contributed by atoms with Crippen LogP contribution in [0.2, 0.25) is 0 Å². The monoisotopic (exact) mass is 209 g/mol. The van der Waals surface area contributed by atoms with Crippen molar-refractivity contribution < 1.29 is 4.79 Å². The van der Waals surface area contributed by atoms with Crippen molar-refractivity contribution in [3.8, 4) is 6.07 Å². The van der Waals surface area contributed by atoms with Crippen molar-refractivity contribution in [2.45, 2.75) is 65.2 Å². The molecule has 0 bridgehead atoms. The Morgan fingerprint density at radius 1 is 1.20 bits per heavy atom. The van der Waals surface area contributed by atoms with E-state index in [1.807, 2.05) is 6.92 Å². The number of hydrogen-bond donors (Lipinski definition) is 0. The van der Waals surface area contributed by atoms with E-state index in [4.69, 9.17) is 5.26 Å². The molecular weight excluding hydrogens is 186 g/mol. The van der Waals surface area contributed by atoms with E-state index in [1.54, 1.807) is 0 Å². The van der Waals surface area contributed by atoms with E-state index in [0.717, 1.165) is 19.1 Å². The topological polar surface area (TPSA) is 40.9 Å². The van der Waals surface area contributed by atoms with Gasteiger partial charge in [-0.25, -0.2) is 0 Å². The van der Waals surface area contributed by atoms with Gasteiger partial charge in [0, 0.05) is 11.8 Å². The Labute approximate surface area is 93.7 Å². The summed E-state index contributed by atoms with van der Waals surface area (Å²) in [5, 5.41) is 8.50. The summed E-state index contributed by atoms with van der Waals surface area (Å²) in [4.78, 5) is 10.9. The van der Waals surface area contributed by atoms with Gasteiger partial charge in [0.15, 0.2) is 0 Å². The van der Waals surface area contributed by atoms with Crippen LogP contribution in [0.15, 0.2) is 0 Å². The van der Waals surface area contributed by atoms with Crippen LogP contribution in [0.3, 0.4) is 0 Å². The average molecular weight is 209 g/mol. The largest absolute Gasteiger partial charge is 0.303 e. The summed E-state index contributed by atoms with van der Waals surface area (Å²) < 4.78 is 0. The molecule has 0 amide bonds. The number of unbranched alkanes of at least 4 members (excludes halogenated alkanes) is 4. The van der Waals surface area contributed by atoms with Crippen molar-refractivity contribution in [3.63, 3.8) is 0 Å². The highest BCUT2D eigenvalue weighted by Gasteiger charge is 2.22. The standard InChI is InChI=1S/C13H23NO/c1-3-4-5-6-7-9-13(2,12-15)10-8-11-14/h12H,3-10H2,1-2H3. The third kappa shape index (κ3) is 7.13. The van der Waals surface area contributed by atoms with Crippen molar-refractivity contribution in [1.29, 1.82) is 5.26 Å². The number of rotatable bonds is 9. The predicted octanol–water partition coefficient (Wildman–Crippen LogP) is 3.86. The molecule has 86 valence electrons. The third-order valence-electron chi connectivity index (χ3n) is 2.94. The SMILES string of the molecule is CCCCCCCC(C)(C=O)CCC#N. The van der Waals surface area contributed by atoms with Gasteiger partial charge >= 0.3 is 0 Å². The molecule has 0 spiro atoms. The first kappa shape index (κ1) is 14.2. The van der Waals surface area contributed by atoms with E-state index in [2.05, 4.69) is 13.0 Å². The molecule has 0 fully saturated rings. The summed E-state index contributed by atoms with van der Waals surface area (Å²) in [5.74, 6) is 0. The van der Waals surface area contributed by atoms with Gasteiger partial charge in [-0.2, -0.15) is 5.26 Å². The lowest BCUT2D eigenvalue weighted by atomic mass is 9.82. The molecule has 2 nitrogen and oxygen atoms in total. The molecule has 0 saturated heterocycles. The Kier molecular flexibility index (Phi) is 7.99. The fourth-order valence-corrected chi connectivity index (χ4v) is 1.72. The number of aldehydes is 1. The summed E-state index contributed by atoms with van der Waals surface area (Å²) in [7, 11) is 0. The zero-order valence-electron chi connectivity index (χ0n) is 10.1. The normalized spacial score (nSPS) is 14.2. The Bertz CT molecular complexity index is 207. The minimum atomic E-state index is -0.262. The highest BCUT2D eigenvalue weighted by Crippen LogP contribution is 2.27. The molecule has 0 saturated carbocycles. The number of hydrogen-bond acceptors (Lipinski definition) is 2. The Hall–Kier alpha value is -0.840. The van der Waals surface area contributed by atoms with Crippen LogP contribution in [0, 0.1) is 16.7 Å². The molecule has 0 aliphatic carbocycles. The number of carbonyl (C=O) groups excluding carboxylic acids is 1. The maximum Gasteiger partial charge on any atom is 0.125 e. The first-order chi connectivity index (χ1) is 7.18. The molecule has 1 unspecified atom stereocenters. The smallest absolute Gasteiger partial charge is 0.125 e. The second-order valence-corrected chi connectivity index (χ2v) is 4.59. The van der Waals surface area contributed by atoms with Crippen molar-refractivity contribution in [3.05, 3.63) is 0 Å². The van der Waals surface area contributed by atoms with Crippen LogP contribution >= 0.6 is 0 Å². The highest BCUT2D eigenvalue weighted by atomic mass is 16.1. The molecular formula is C13H23NO. The molecule has 0 aromatic carbocycles. The quantitative estimate of drug-likeness (QED) is 0.427. The van der Waals surface area contributed by atoms with Crippen LogP contribution < -0.4 is 0 Å². The van der Waals surface area contributed by atoms with Gasteiger partial charge in [-0.05, 0) is 12.8 Å². The first-order valence-electron chi connectivity index (χ1n) is 6.02. The lowest BCUT2D eigenvalue weighted by molar-refractivity contribution is -0.116. The van der Waals surface area contributed by atoms with Gasteiger partial charge in [-0.1, -0.05) is 46.0 Å². The molecule has 15 heavy (non-hydrogen) atoms. The van der Waals surface area contributed by atoms with Crippen LogP contribution in [0.1, 0.15) is 65.2 Å². The molecule has 0 aromatic rings. The first-order valence-corrected chi connectivity index (χ1v) is 6.02. The van der Waals surface area contributed by atoms with Crippen LogP contribution in [0.5, 0.6) is 0 Å². The molecule has 0 radical (unpaired) electrons. The maximum atomic E-state index is 10.9. The Balaban J connectivity index is 3.68. The van der Waals surface area contributed by atoms with Gasteiger partial charge in [0.2, 0.25) is 0 Å². The van der Waals surface area contributed by atoms with Crippen molar-refractivity contribution in [2.24, 2.45) is 5.41 Å². The number of carbonyl (C=O) groups is 1. The van der Waals surface area contributed by atoms with Crippen LogP contribution in [0.4, 0.5) is 0 Å². The van der Waals surface area contributed by atoms with Crippen molar-refractivity contribution in [1.82, 2.24) is 0 Å². The van der Waals surface area contributed by atoms with E-state index in [9.17, 15) is 4.79 Å². The second kappa shape index (κ2) is 8.47. The third-order valence-corrected chi connectivity index (χ3v) is 2.94. The van der Waals surface area contributed by atoms with Gasteiger partial charge in [-0.15, -0.1) is 0 Å². The van der Waals surface area contributed by atoms with E-state index in [0.29, 0.717) is 12.8 Å². The Morgan fingerprint density at radius 3 is 2.40 bits per heavy atom. The van der Waals surface area contributed by atoms with Crippen molar-refractivity contribution >= 4 is 6.29 Å². The van der Waals surface area contributed by atoms with E-state index in [-0.39, 0.29) is 5.41 Å². The molecule has 0 N–H and O–H groups in total. The minimum absolute atomic E-state index is 0.262. The van der Waals surface area contributed by atoms with Gasteiger partial charge in [0.25, 0.3) is 0 Å². The summed E-state index contributed by atoms with van der Waals surface area (Å²) in [5.41, 5.74) is -0.262. The Morgan fingerprint density at radius 2 is 1.87 bits per heavy atom. The summed E-state index contributed by atoms with van der Waals surface area (Å²) in [6.45, 7) is 4.17. The fraction of sp³-hybridized carbons (Fsp3) is 0.846. The van der Waals surface area contributed by atoms with Crippen molar-refractivity contribution in [2.75, 3.05) is 0 Å². The molecule has 2 heteroatoms. The predicted molar refractivity (Wildman–Crippen MR) is 62.4 cm³/mol. The van der Waals surface area contributed by atoms with Gasteiger partial charge in [-0.3, -0.25) is 0 Å². The fourth-order valence-electron chi connectivity index (χ4n) is 1.72. The van der Waals surface area contributed by atoms with E-state index >= 15 is 0 Å². The average Bonchev–Trinajstić information content (AvgIpc) is 2.26. The number of nitrogens with zero attached hydrogens (tertiary/aromatic N) is 1. The maximum absolute atomic E-state index is 10.9. The molecule has 0 heterocycles. The molecule has 0 rings (SSSR count). The lowest BCUT2D eigenvalue weighted by Gasteiger charge is -2.21. The summed E-state index contributed by atoms with van der Waals surface area (Å²) in [6.07, 6.45) is 9.29. The summed E-state index contributed by atoms with van der Waals surface area (Å²) >= 11 is 0. The van der Waals surface area contributed by atoms with Gasteiger partial charge < -0.3 is 4.79 Å². The molecule has 1 atom stereocenters. The second-order valence-electron chi connectivity index (χ2n) is 4.59. The van der Waals surface area contributed by atoms with Crippen LogP contribution in [-0.2, 0) is 4.79 Å². The lowest BCUT2D eigenvalue weighted by Crippen LogP contribution is -2.17. The zero-order valence-corrected chi connectivity index (χ0v) is 10.1. The molecule has 0 aromatic heterocycles. The van der Waals surface area contributed by atoms with Gasteiger partial charge in [0.1, 0.15) is 6.29 Å². The van der Waals surface area contributed by atoms with Crippen LogP contribution in [-0.4, -0.2) is 6.29 Å². The number of nitriles is 1. The van der Waals surface area contributed by atoms with Crippen LogP contribution in [0.25, 0.3) is 0 Å². The highest BCUT2D eigenvalue weighted by molar-refractivity contribution is 5.58. The van der Waals surface area contributed by atoms with Gasteiger partial charge in [0.05, 0.1) is 6.07 Å².